The van der Waals surface area contributed by atoms with E-state index in [-0.39, 0.29) is 27.8 Å². The summed E-state index contributed by atoms with van der Waals surface area (Å²) in [5.41, 5.74) is 2.97. The first-order chi connectivity index (χ1) is 17.7. The van der Waals surface area contributed by atoms with E-state index in [0.29, 0.717) is 22.9 Å². The van der Waals surface area contributed by atoms with Crippen molar-refractivity contribution in [1.29, 1.82) is 0 Å². The predicted octanol–water partition coefficient (Wildman–Crippen LogP) is 5.44. The minimum absolute atomic E-state index is 0.0879. The average molecular weight is 546 g/mol. The van der Waals surface area contributed by atoms with Gasteiger partial charge >= 0.3 is 5.97 Å². The highest BCUT2D eigenvalue weighted by Crippen LogP contribution is 2.30. The summed E-state index contributed by atoms with van der Waals surface area (Å²) in [5.74, 6) is -0.470. The van der Waals surface area contributed by atoms with Crippen molar-refractivity contribution < 1.29 is 28.7 Å². The molecule has 0 aromatic heterocycles. The van der Waals surface area contributed by atoms with Crippen LogP contribution in [-0.2, 0) is 4.79 Å². The van der Waals surface area contributed by atoms with Gasteiger partial charge < -0.3 is 14.2 Å². The van der Waals surface area contributed by atoms with E-state index < -0.39 is 22.9 Å². The number of rotatable bonds is 10. The van der Waals surface area contributed by atoms with Crippen LogP contribution in [0.3, 0.4) is 0 Å². The third-order valence-electron chi connectivity index (χ3n) is 4.74. The number of ether oxygens (including phenoxy) is 3. The van der Waals surface area contributed by atoms with Crippen LogP contribution in [0.2, 0.25) is 10.0 Å². The zero-order valence-corrected chi connectivity index (χ0v) is 21.2. The van der Waals surface area contributed by atoms with Gasteiger partial charge in [-0.05, 0) is 67.9 Å². The van der Waals surface area contributed by atoms with Crippen molar-refractivity contribution >= 4 is 47.0 Å². The zero-order valence-electron chi connectivity index (χ0n) is 19.6. The van der Waals surface area contributed by atoms with Crippen LogP contribution in [0.25, 0.3) is 0 Å². The number of nitrogens with one attached hydrogen (secondary N) is 1. The van der Waals surface area contributed by atoms with Crippen molar-refractivity contribution in [2.45, 2.75) is 20.0 Å². The quantitative estimate of drug-likeness (QED) is 0.118. The maximum atomic E-state index is 12.6. The lowest BCUT2D eigenvalue weighted by Crippen LogP contribution is -2.33. The Balaban J connectivity index is 1.63. The first kappa shape index (κ1) is 27.4. The lowest BCUT2D eigenvalue weighted by Gasteiger charge is -2.13. The zero-order chi connectivity index (χ0) is 26.9. The number of esters is 1. The van der Waals surface area contributed by atoms with Crippen molar-refractivity contribution in [2.24, 2.45) is 5.10 Å². The van der Waals surface area contributed by atoms with Gasteiger partial charge in [-0.3, -0.25) is 14.9 Å². The smallest absolute Gasteiger partial charge is 0.345 e. The van der Waals surface area contributed by atoms with E-state index in [9.17, 15) is 19.7 Å². The number of nitro benzene ring substituents is 1. The second-order valence-corrected chi connectivity index (χ2v) is 8.24. The molecule has 0 radical (unpaired) electrons. The van der Waals surface area contributed by atoms with Crippen LogP contribution in [0.1, 0.15) is 29.8 Å². The van der Waals surface area contributed by atoms with Crippen LogP contribution < -0.4 is 19.6 Å². The Labute approximate surface area is 221 Å². The second-order valence-electron chi connectivity index (χ2n) is 7.40. The molecule has 0 saturated heterocycles. The Bertz CT molecular complexity index is 1330. The number of nitro groups is 1. The number of carbonyl (C=O) groups excluding carboxylic acids is 2. The predicted molar refractivity (Wildman–Crippen MR) is 138 cm³/mol. The lowest BCUT2D eigenvalue weighted by molar-refractivity contribution is -0.384. The van der Waals surface area contributed by atoms with Gasteiger partial charge in [-0.15, -0.1) is 0 Å². The van der Waals surface area contributed by atoms with Gasteiger partial charge in [0.1, 0.15) is 5.75 Å². The topological polar surface area (TPSA) is 129 Å². The summed E-state index contributed by atoms with van der Waals surface area (Å²) < 4.78 is 16.5. The standard InChI is InChI=1S/C25H21Cl2N3O7/c1-3-35-23-12-16(4-11-22(23)37-25(32)20-10-5-17(26)13-21(20)27)14-28-29-24(31)15(2)36-19-8-6-18(7-9-19)30(33)34/h4-15H,3H2,1-2H3,(H,29,31)/b28-14-/t15-/m1/s1. The van der Waals surface area contributed by atoms with Crippen molar-refractivity contribution in [3.05, 3.63) is 92.0 Å². The maximum absolute atomic E-state index is 12.6. The van der Waals surface area contributed by atoms with E-state index in [2.05, 4.69) is 10.5 Å². The Hall–Kier alpha value is -4.15. The third-order valence-corrected chi connectivity index (χ3v) is 5.29. The molecule has 192 valence electrons. The van der Waals surface area contributed by atoms with Crippen LogP contribution in [0.4, 0.5) is 5.69 Å². The summed E-state index contributed by atoms with van der Waals surface area (Å²) in [4.78, 5) is 35.0. The number of non-ortho nitro benzene ring substituents is 1. The number of halogens is 2. The molecular weight excluding hydrogens is 525 g/mol. The number of carbonyl (C=O) groups is 2. The summed E-state index contributed by atoms with van der Waals surface area (Å²) in [7, 11) is 0. The van der Waals surface area contributed by atoms with E-state index in [1.807, 2.05) is 0 Å². The molecule has 37 heavy (non-hydrogen) atoms. The van der Waals surface area contributed by atoms with Gasteiger partial charge in [0.05, 0.1) is 28.3 Å². The molecule has 0 aliphatic heterocycles. The molecule has 3 rings (SSSR count). The van der Waals surface area contributed by atoms with Crippen molar-refractivity contribution in [2.75, 3.05) is 6.61 Å². The van der Waals surface area contributed by atoms with Gasteiger partial charge in [0, 0.05) is 17.2 Å². The van der Waals surface area contributed by atoms with Crippen molar-refractivity contribution in [3.63, 3.8) is 0 Å². The van der Waals surface area contributed by atoms with E-state index in [4.69, 9.17) is 37.4 Å². The Morgan fingerprint density at radius 3 is 2.46 bits per heavy atom. The normalized spacial score (nSPS) is 11.6. The minimum Gasteiger partial charge on any atom is -0.490 e. The van der Waals surface area contributed by atoms with Gasteiger partial charge in [0.25, 0.3) is 11.6 Å². The summed E-state index contributed by atoms with van der Waals surface area (Å²) >= 11 is 12.0. The molecule has 0 bridgehead atoms. The molecule has 0 unspecified atom stereocenters. The third kappa shape index (κ3) is 7.66. The summed E-state index contributed by atoms with van der Waals surface area (Å²) in [5, 5.41) is 15.2. The van der Waals surface area contributed by atoms with Gasteiger partial charge in [0.15, 0.2) is 17.6 Å². The molecule has 0 aliphatic carbocycles. The molecule has 0 heterocycles. The number of nitrogens with zero attached hydrogens (tertiary/aromatic N) is 2. The van der Waals surface area contributed by atoms with E-state index in [0.717, 1.165) is 0 Å². The van der Waals surface area contributed by atoms with Crippen LogP contribution in [0, 0.1) is 10.1 Å². The Kier molecular flexibility index (Phi) is 9.42. The summed E-state index contributed by atoms with van der Waals surface area (Å²) in [6, 6.07) is 14.5. The molecule has 1 amide bonds. The summed E-state index contributed by atoms with van der Waals surface area (Å²) in [6.45, 7) is 3.59. The SMILES string of the molecule is CCOc1cc(/C=N\NC(=O)[C@@H](C)Oc2ccc([N+](=O)[O-])cc2)ccc1OC(=O)c1ccc(Cl)cc1Cl. The van der Waals surface area contributed by atoms with Crippen molar-refractivity contribution in [1.82, 2.24) is 5.43 Å². The molecule has 3 aromatic carbocycles. The molecule has 10 nitrogen and oxygen atoms in total. The van der Waals surface area contributed by atoms with Gasteiger partial charge in [-0.2, -0.15) is 5.10 Å². The molecule has 0 saturated carbocycles. The Morgan fingerprint density at radius 2 is 1.81 bits per heavy atom. The number of amides is 1. The monoisotopic (exact) mass is 545 g/mol. The molecule has 0 aliphatic rings. The lowest BCUT2D eigenvalue weighted by atomic mass is 10.2. The first-order valence-corrected chi connectivity index (χ1v) is 11.6. The molecule has 3 aromatic rings. The average Bonchev–Trinajstić information content (AvgIpc) is 2.85. The molecule has 0 fully saturated rings. The number of hydrogen-bond acceptors (Lipinski definition) is 8. The molecule has 12 heteroatoms. The van der Waals surface area contributed by atoms with E-state index in [1.54, 1.807) is 19.1 Å². The fraction of sp³-hybridized carbons (Fsp3) is 0.160. The highest BCUT2D eigenvalue weighted by Gasteiger charge is 2.17. The van der Waals surface area contributed by atoms with Gasteiger partial charge in [-0.25, -0.2) is 10.2 Å². The first-order valence-electron chi connectivity index (χ1n) is 10.9. The Morgan fingerprint density at radius 1 is 1.08 bits per heavy atom. The largest absolute Gasteiger partial charge is 0.490 e. The fourth-order valence-corrected chi connectivity index (χ4v) is 3.42. The van der Waals surface area contributed by atoms with Crippen LogP contribution >= 0.6 is 23.2 Å². The van der Waals surface area contributed by atoms with E-state index in [1.165, 1.54) is 61.7 Å². The van der Waals surface area contributed by atoms with E-state index >= 15 is 0 Å². The minimum atomic E-state index is -0.918. The second kappa shape index (κ2) is 12.7. The molecule has 1 atom stereocenters. The summed E-state index contributed by atoms with van der Waals surface area (Å²) in [6.07, 6.45) is 0.458. The van der Waals surface area contributed by atoms with Crippen LogP contribution in [-0.4, -0.2) is 35.7 Å². The molecular formula is C25H21Cl2N3O7. The number of benzene rings is 3. The highest BCUT2D eigenvalue weighted by molar-refractivity contribution is 6.36. The highest BCUT2D eigenvalue weighted by atomic mass is 35.5. The molecule has 0 spiro atoms. The number of hydrazone groups is 1. The van der Waals surface area contributed by atoms with Crippen LogP contribution in [0.5, 0.6) is 17.2 Å². The van der Waals surface area contributed by atoms with Crippen molar-refractivity contribution in [3.8, 4) is 17.2 Å². The van der Waals surface area contributed by atoms with Crippen LogP contribution in [0.15, 0.2) is 65.8 Å². The van der Waals surface area contributed by atoms with Gasteiger partial charge in [0.2, 0.25) is 0 Å². The van der Waals surface area contributed by atoms with Gasteiger partial charge in [-0.1, -0.05) is 23.2 Å². The molecule has 1 N–H and O–H groups in total. The maximum Gasteiger partial charge on any atom is 0.345 e. The number of hydrogen-bond donors (Lipinski definition) is 1. The fourth-order valence-electron chi connectivity index (χ4n) is 2.93.